The fourth-order valence-electron chi connectivity index (χ4n) is 2.65. The lowest BCUT2D eigenvalue weighted by molar-refractivity contribution is -0.116. The minimum Gasteiger partial charge on any atom is -0.492 e. The summed E-state index contributed by atoms with van der Waals surface area (Å²) in [7, 11) is 0. The van der Waals surface area contributed by atoms with Gasteiger partial charge in [-0.1, -0.05) is 30.3 Å². The Morgan fingerprint density at radius 1 is 1.14 bits per heavy atom. The largest absolute Gasteiger partial charge is 0.492 e. The Balaban J connectivity index is 1.72. The van der Waals surface area contributed by atoms with Crippen molar-refractivity contribution in [3.63, 3.8) is 0 Å². The molecule has 148 valence electrons. The number of amides is 2. The van der Waals surface area contributed by atoms with E-state index in [1.807, 2.05) is 49.4 Å². The number of anilines is 3. The van der Waals surface area contributed by atoms with Crippen LogP contribution >= 0.6 is 11.3 Å². The van der Waals surface area contributed by atoms with E-state index in [1.165, 1.54) is 24.3 Å². The number of rotatable bonds is 7. The zero-order chi connectivity index (χ0) is 20.6. The molecule has 1 N–H and O–H groups in total. The average Bonchev–Trinajstić information content (AvgIpc) is 3.17. The lowest BCUT2D eigenvalue weighted by atomic mass is 10.3. The molecular weight excluding hydrogens is 386 g/mol. The molecule has 0 saturated carbocycles. The number of hydrogen-bond acceptors (Lipinski definition) is 5. The van der Waals surface area contributed by atoms with Gasteiger partial charge in [0.25, 0.3) is 0 Å². The molecule has 7 heteroatoms. The maximum absolute atomic E-state index is 12.3. The van der Waals surface area contributed by atoms with Gasteiger partial charge in [0.1, 0.15) is 5.75 Å². The van der Waals surface area contributed by atoms with E-state index in [0.717, 1.165) is 5.69 Å². The number of carbonyl (C=O) groups is 2. The van der Waals surface area contributed by atoms with Crippen molar-refractivity contribution in [2.75, 3.05) is 16.8 Å². The van der Waals surface area contributed by atoms with Gasteiger partial charge in [-0.3, -0.25) is 14.5 Å². The number of thiazole rings is 1. The van der Waals surface area contributed by atoms with Crippen LogP contribution in [0.3, 0.4) is 0 Å². The summed E-state index contributed by atoms with van der Waals surface area (Å²) in [5, 5.41) is 5.14. The van der Waals surface area contributed by atoms with Crippen LogP contribution in [0.25, 0.3) is 6.08 Å². The Morgan fingerprint density at radius 3 is 2.59 bits per heavy atom. The molecular formula is C22H21N3O3S. The molecule has 0 unspecified atom stereocenters. The molecule has 29 heavy (non-hydrogen) atoms. The van der Waals surface area contributed by atoms with E-state index in [-0.39, 0.29) is 11.8 Å². The molecule has 3 aromatic rings. The first-order valence-electron chi connectivity index (χ1n) is 9.10. The molecule has 0 bridgehead atoms. The Hall–Kier alpha value is -3.45. The van der Waals surface area contributed by atoms with Gasteiger partial charge in [-0.25, -0.2) is 4.98 Å². The summed E-state index contributed by atoms with van der Waals surface area (Å²) in [6.07, 6.45) is 3.02. The summed E-state index contributed by atoms with van der Waals surface area (Å²) >= 11 is 1.34. The van der Waals surface area contributed by atoms with Gasteiger partial charge in [0.2, 0.25) is 11.8 Å². The number of benzene rings is 2. The third-order valence-electron chi connectivity index (χ3n) is 3.88. The van der Waals surface area contributed by atoms with Crippen LogP contribution in [0.5, 0.6) is 5.75 Å². The molecule has 0 saturated heterocycles. The van der Waals surface area contributed by atoms with Crippen molar-refractivity contribution in [1.82, 2.24) is 4.98 Å². The SMILES string of the molecule is CCOc1ccccc1NC(=O)/C=C/c1csc(N(C(C)=O)c2ccccc2)n1. The highest BCUT2D eigenvalue weighted by molar-refractivity contribution is 7.14. The van der Waals surface area contributed by atoms with Crippen LogP contribution in [-0.2, 0) is 9.59 Å². The molecule has 1 heterocycles. The lowest BCUT2D eigenvalue weighted by Gasteiger charge is -2.17. The second kappa shape index (κ2) is 9.66. The summed E-state index contributed by atoms with van der Waals surface area (Å²) < 4.78 is 5.51. The van der Waals surface area contributed by atoms with Crippen LogP contribution in [0.2, 0.25) is 0 Å². The fourth-order valence-corrected chi connectivity index (χ4v) is 3.50. The fraction of sp³-hybridized carbons (Fsp3) is 0.136. The van der Waals surface area contributed by atoms with Crippen molar-refractivity contribution in [3.8, 4) is 5.75 Å². The van der Waals surface area contributed by atoms with E-state index in [0.29, 0.717) is 28.9 Å². The van der Waals surface area contributed by atoms with Gasteiger partial charge in [0, 0.05) is 18.4 Å². The Morgan fingerprint density at radius 2 is 1.86 bits per heavy atom. The van der Waals surface area contributed by atoms with Crippen LogP contribution in [0.4, 0.5) is 16.5 Å². The monoisotopic (exact) mass is 407 g/mol. The molecule has 0 atom stereocenters. The van der Waals surface area contributed by atoms with Crippen molar-refractivity contribution in [3.05, 3.63) is 71.7 Å². The summed E-state index contributed by atoms with van der Waals surface area (Å²) in [4.78, 5) is 30.4. The predicted octanol–water partition coefficient (Wildman–Crippen LogP) is 4.88. The molecule has 0 aliphatic rings. The van der Waals surface area contributed by atoms with Gasteiger partial charge in [-0.05, 0) is 37.3 Å². The first kappa shape index (κ1) is 20.3. The number of hydrogen-bond donors (Lipinski definition) is 1. The third kappa shape index (κ3) is 5.30. The van der Waals surface area contributed by atoms with Gasteiger partial charge in [-0.15, -0.1) is 11.3 Å². The van der Waals surface area contributed by atoms with Crippen molar-refractivity contribution in [2.45, 2.75) is 13.8 Å². The van der Waals surface area contributed by atoms with Crippen molar-refractivity contribution < 1.29 is 14.3 Å². The molecule has 2 amide bonds. The van der Waals surface area contributed by atoms with Crippen LogP contribution in [0.15, 0.2) is 66.1 Å². The van der Waals surface area contributed by atoms with Crippen molar-refractivity contribution >= 4 is 45.7 Å². The maximum atomic E-state index is 12.3. The Labute approximate surface area is 173 Å². The third-order valence-corrected chi connectivity index (χ3v) is 4.72. The molecule has 1 aromatic heterocycles. The number of para-hydroxylation sites is 3. The highest BCUT2D eigenvalue weighted by Crippen LogP contribution is 2.29. The number of carbonyl (C=O) groups excluding carboxylic acids is 2. The Kier molecular flexibility index (Phi) is 6.76. The maximum Gasteiger partial charge on any atom is 0.248 e. The predicted molar refractivity (Wildman–Crippen MR) is 117 cm³/mol. The first-order valence-corrected chi connectivity index (χ1v) is 9.98. The normalized spacial score (nSPS) is 10.7. The number of nitrogens with one attached hydrogen (secondary N) is 1. The second-order valence-corrected chi connectivity index (χ2v) is 6.83. The van der Waals surface area contributed by atoms with E-state index >= 15 is 0 Å². The lowest BCUT2D eigenvalue weighted by Crippen LogP contribution is -2.22. The summed E-state index contributed by atoms with van der Waals surface area (Å²) in [5.41, 5.74) is 1.95. The molecule has 2 aromatic carbocycles. The zero-order valence-electron chi connectivity index (χ0n) is 16.2. The highest BCUT2D eigenvalue weighted by atomic mass is 32.1. The average molecular weight is 407 g/mol. The van der Waals surface area contributed by atoms with E-state index < -0.39 is 0 Å². The quantitative estimate of drug-likeness (QED) is 0.567. The van der Waals surface area contributed by atoms with E-state index in [2.05, 4.69) is 10.3 Å². The molecule has 0 aliphatic heterocycles. The van der Waals surface area contributed by atoms with Gasteiger partial charge < -0.3 is 10.1 Å². The number of aromatic nitrogens is 1. The highest BCUT2D eigenvalue weighted by Gasteiger charge is 2.17. The van der Waals surface area contributed by atoms with Gasteiger partial charge in [-0.2, -0.15) is 0 Å². The molecule has 0 fully saturated rings. The van der Waals surface area contributed by atoms with Gasteiger partial charge >= 0.3 is 0 Å². The van der Waals surface area contributed by atoms with E-state index in [4.69, 9.17) is 4.74 Å². The van der Waals surface area contributed by atoms with Crippen LogP contribution in [0, 0.1) is 0 Å². The van der Waals surface area contributed by atoms with Crippen molar-refractivity contribution in [2.24, 2.45) is 0 Å². The van der Waals surface area contributed by atoms with Crippen LogP contribution < -0.4 is 15.0 Å². The first-order chi connectivity index (χ1) is 14.1. The second-order valence-electron chi connectivity index (χ2n) is 6.00. The van der Waals surface area contributed by atoms with Gasteiger partial charge in [0.15, 0.2) is 5.13 Å². The molecule has 0 spiro atoms. The standard InChI is InChI=1S/C22H21N3O3S/c1-3-28-20-12-8-7-11-19(20)24-21(27)14-13-17-15-29-22(23-17)25(16(2)26)18-9-5-4-6-10-18/h4-15H,3H2,1-2H3,(H,24,27)/b14-13+. The smallest absolute Gasteiger partial charge is 0.248 e. The van der Waals surface area contributed by atoms with E-state index in [9.17, 15) is 9.59 Å². The molecule has 0 radical (unpaired) electrons. The number of nitrogens with zero attached hydrogens (tertiary/aromatic N) is 2. The summed E-state index contributed by atoms with van der Waals surface area (Å²) in [6.45, 7) is 3.89. The molecule has 3 rings (SSSR count). The minimum absolute atomic E-state index is 0.133. The summed E-state index contributed by atoms with van der Waals surface area (Å²) in [6, 6.07) is 16.6. The molecule has 0 aliphatic carbocycles. The summed E-state index contributed by atoms with van der Waals surface area (Å²) in [5.74, 6) is 0.192. The van der Waals surface area contributed by atoms with E-state index in [1.54, 1.807) is 28.5 Å². The van der Waals surface area contributed by atoms with Crippen LogP contribution in [-0.4, -0.2) is 23.4 Å². The Bertz CT molecular complexity index is 1010. The van der Waals surface area contributed by atoms with Crippen molar-refractivity contribution in [1.29, 1.82) is 0 Å². The number of ether oxygens (including phenoxy) is 1. The zero-order valence-corrected chi connectivity index (χ0v) is 17.0. The molecule has 6 nitrogen and oxygen atoms in total. The topological polar surface area (TPSA) is 71.5 Å². The van der Waals surface area contributed by atoms with Crippen LogP contribution in [0.1, 0.15) is 19.5 Å². The van der Waals surface area contributed by atoms with Gasteiger partial charge in [0.05, 0.1) is 23.7 Å². The minimum atomic E-state index is -0.293.